The normalized spacial score (nSPS) is 14.8. The fourth-order valence-corrected chi connectivity index (χ4v) is 3.16. The van der Waals surface area contributed by atoms with Crippen LogP contribution in [0.15, 0.2) is 24.3 Å². The molecule has 0 spiro atoms. The first-order valence-corrected chi connectivity index (χ1v) is 6.31. The average Bonchev–Trinajstić information content (AvgIpc) is 2.72. The van der Waals surface area contributed by atoms with Crippen molar-refractivity contribution in [2.45, 2.75) is 19.3 Å². The van der Waals surface area contributed by atoms with Crippen molar-refractivity contribution in [2.75, 3.05) is 0 Å². The van der Waals surface area contributed by atoms with Gasteiger partial charge in [-0.05, 0) is 18.6 Å². The summed E-state index contributed by atoms with van der Waals surface area (Å²) in [7, 11) is 0. The summed E-state index contributed by atoms with van der Waals surface area (Å²) >= 11 is 1.43. The summed E-state index contributed by atoms with van der Waals surface area (Å²) in [6.07, 6.45) is 1.72. The van der Waals surface area contributed by atoms with Gasteiger partial charge >= 0.3 is 0 Å². The second-order valence-electron chi connectivity index (χ2n) is 4.08. The quantitative estimate of drug-likeness (QED) is 0.775. The number of ketones is 1. The van der Waals surface area contributed by atoms with Gasteiger partial charge < -0.3 is 0 Å². The fourth-order valence-electron chi connectivity index (χ4n) is 1.99. The summed E-state index contributed by atoms with van der Waals surface area (Å²) in [6, 6.07) is 6.61. The highest BCUT2D eigenvalue weighted by Crippen LogP contribution is 2.32. The second kappa shape index (κ2) is 4.04. The largest absolute Gasteiger partial charge is 0.299 e. The lowest BCUT2D eigenvalue weighted by molar-refractivity contribution is -0.118. The molecule has 2 aromatic rings. The maximum atomic E-state index is 13.6. The molecule has 0 unspecified atom stereocenters. The molecule has 1 heterocycles. The lowest BCUT2D eigenvalue weighted by Crippen LogP contribution is -2.11. The highest BCUT2D eigenvalue weighted by Gasteiger charge is 2.21. The molecule has 0 N–H and O–H groups in total. The molecule has 86 valence electrons. The van der Waals surface area contributed by atoms with E-state index in [0.29, 0.717) is 29.8 Å². The van der Waals surface area contributed by atoms with E-state index in [2.05, 4.69) is 4.98 Å². The monoisotopic (exact) mass is 247 g/mol. The molecule has 0 bridgehead atoms. The number of rotatable bonds is 1. The first kappa shape index (κ1) is 10.6. The molecule has 0 aliphatic heterocycles. The Morgan fingerprint density at radius 2 is 2.06 bits per heavy atom. The van der Waals surface area contributed by atoms with Gasteiger partial charge in [0.25, 0.3) is 0 Å². The van der Waals surface area contributed by atoms with E-state index in [4.69, 9.17) is 0 Å². The number of Topliss-reactive ketones (excluding diaryl/α,β-unsaturated/α-hetero) is 1. The summed E-state index contributed by atoms with van der Waals surface area (Å²) in [6.45, 7) is 0. The predicted octanol–water partition coefficient (Wildman–Crippen LogP) is 3.01. The number of fused-ring (bicyclic) bond motifs is 1. The summed E-state index contributed by atoms with van der Waals surface area (Å²) in [5, 5.41) is 0.683. The van der Waals surface area contributed by atoms with Crippen LogP contribution in [-0.2, 0) is 17.6 Å². The molecular weight excluding hydrogens is 237 g/mol. The minimum Gasteiger partial charge on any atom is -0.299 e. The number of aryl methyl sites for hydroxylation is 1. The van der Waals surface area contributed by atoms with E-state index in [9.17, 15) is 9.18 Å². The molecule has 1 aromatic heterocycles. The molecule has 1 aromatic carbocycles. The highest BCUT2D eigenvalue weighted by atomic mass is 32.1. The molecule has 17 heavy (non-hydrogen) atoms. The summed E-state index contributed by atoms with van der Waals surface area (Å²) < 4.78 is 13.6. The van der Waals surface area contributed by atoms with E-state index in [-0.39, 0.29) is 11.6 Å². The molecule has 2 nitrogen and oxygen atoms in total. The maximum Gasteiger partial charge on any atom is 0.138 e. The third kappa shape index (κ3) is 1.89. The molecule has 3 rings (SSSR count). The Hall–Kier alpha value is -1.55. The van der Waals surface area contributed by atoms with E-state index in [1.807, 2.05) is 0 Å². The van der Waals surface area contributed by atoms with Gasteiger partial charge in [-0.25, -0.2) is 9.37 Å². The van der Waals surface area contributed by atoms with Gasteiger partial charge in [-0.2, -0.15) is 0 Å². The summed E-state index contributed by atoms with van der Waals surface area (Å²) in [5.41, 5.74) is 1.49. The van der Waals surface area contributed by atoms with Crippen LogP contribution in [0.5, 0.6) is 0 Å². The highest BCUT2D eigenvalue weighted by molar-refractivity contribution is 7.15. The van der Waals surface area contributed by atoms with Gasteiger partial charge in [0.1, 0.15) is 16.6 Å². The first-order valence-electron chi connectivity index (χ1n) is 5.49. The molecule has 1 aliphatic carbocycles. The van der Waals surface area contributed by atoms with Crippen molar-refractivity contribution in [3.8, 4) is 10.6 Å². The summed E-state index contributed by atoms with van der Waals surface area (Å²) in [4.78, 5) is 16.8. The molecule has 0 fully saturated rings. The fraction of sp³-hybridized carbons (Fsp3) is 0.231. The number of hydrogen-bond donors (Lipinski definition) is 0. The lowest BCUT2D eigenvalue weighted by Gasteiger charge is -2.06. The van der Waals surface area contributed by atoms with Crippen LogP contribution in [0.2, 0.25) is 0 Å². The van der Waals surface area contributed by atoms with Crippen LogP contribution < -0.4 is 0 Å². The van der Waals surface area contributed by atoms with Crippen molar-refractivity contribution in [1.82, 2.24) is 4.98 Å². The van der Waals surface area contributed by atoms with E-state index < -0.39 is 0 Å². The van der Waals surface area contributed by atoms with Gasteiger partial charge in [-0.3, -0.25) is 4.79 Å². The van der Waals surface area contributed by atoms with Crippen LogP contribution in [-0.4, -0.2) is 10.8 Å². The van der Waals surface area contributed by atoms with Crippen LogP contribution in [0.4, 0.5) is 4.39 Å². The smallest absolute Gasteiger partial charge is 0.138 e. The standard InChI is InChI=1S/C13H10FNOS/c14-10-4-2-1-3-9(10)13-15-11-6-5-8(16)7-12(11)17-13/h1-4H,5-7H2. The average molecular weight is 247 g/mol. The summed E-state index contributed by atoms with van der Waals surface area (Å²) in [5.74, 6) is -0.00819. The molecule has 0 saturated heterocycles. The molecule has 0 atom stereocenters. The lowest BCUT2D eigenvalue weighted by atomic mass is 10.0. The number of aromatic nitrogens is 1. The Morgan fingerprint density at radius 3 is 2.88 bits per heavy atom. The maximum absolute atomic E-state index is 13.6. The number of hydrogen-bond acceptors (Lipinski definition) is 3. The third-order valence-electron chi connectivity index (χ3n) is 2.88. The van der Waals surface area contributed by atoms with Crippen LogP contribution in [0.3, 0.4) is 0 Å². The van der Waals surface area contributed by atoms with Gasteiger partial charge in [0.05, 0.1) is 5.69 Å². The van der Waals surface area contributed by atoms with E-state index in [1.165, 1.54) is 17.4 Å². The Balaban J connectivity index is 2.06. The van der Waals surface area contributed by atoms with Crippen molar-refractivity contribution in [2.24, 2.45) is 0 Å². The number of nitrogens with zero attached hydrogens (tertiary/aromatic N) is 1. The number of thiazole rings is 1. The SMILES string of the molecule is O=C1CCc2nc(-c3ccccc3F)sc2C1. The minimum absolute atomic E-state index is 0.251. The molecule has 0 amide bonds. The zero-order chi connectivity index (χ0) is 11.8. The Morgan fingerprint density at radius 1 is 1.24 bits per heavy atom. The van der Waals surface area contributed by atoms with Crippen molar-refractivity contribution in [3.05, 3.63) is 40.7 Å². The Labute approximate surface area is 102 Å². The zero-order valence-electron chi connectivity index (χ0n) is 9.07. The molecular formula is C13H10FNOS. The number of carbonyl (C=O) groups excluding carboxylic acids is 1. The van der Waals surface area contributed by atoms with E-state index in [0.717, 1.165) is 10.6 Å². The van der Waals surface area contributed by atoms with E-state index >= 15 is 0 Å². The van der Waals surface area contributed by atoms with Gasteiger partial charge in [0.15, 0.2) is 0 Å². The van der Waals surface area contributed by atoms with Gasteiger partial charge in [0, 0.05) is 23.3 Å². The van der Waals surface area contributed by atoms with Gasteiger partial charge in [0.2, 0.25) is 0 Å². The van der Waals surface area contributed by atoms with Gasteiger partial charge in [-0.1, -0.05) is 12.1 Å². The molecule has 1 aliphatic rings. The topological polar surface area (TPSA) is 30.0 Å². The van der Waals surface area contributed by atoms with Crippen LogP contribution in [0, 0.1) is 5.82 Å². The van der Waals surface area contributed by atoms with Crippen molar-refractivity contribution >= 4 is 17.1 Å². The number of carbonyl (C=O) groups is 1. The van der Waals surface area contributed by atoms with Gasteiger partial charge in [-0.15, -0.1) is 11.3 Å². The van der Waals surface area contributed by atoms with Crippen LogP contribution >= 0.6 is 11.3 Å². The number of benzene rings is 1. The zero-order valence-corrected chi connectivity index (χ0v) is 9.89. The third-order valence-corrected chi connectivity index (χ3v) is 4.01. The Bertz CT molecular complexity index is 591. The predicted molar refractivity (Wildman–Crippen MR) is 64.5 cm³/mol. The first-order chi connectivity index (χ1) is 8.24. The van der Waals surface area contributed by atoms with Crippen LogP contribution in [0.25, 0.3) is 10.6 Å². The van der Waals surface area contributed by atoms with Crippen molar-refractivity contribution in [3.63, 3.8) is 0 Å². The Kier molecular flexibility index (Phi) is 2.52. The van der Waals surface area contributed by atoms with Crippen LogP contribution in [0.1, 0.15) is 17.0 Å². The second-order valence-corrected chi connectivity index (χ2v) is 5.17. The molecule has 0 radical (unpaired) electrons. The number of halogens is 1. The minimum atomic E-state index is -0.259. The van der Waals surface area contributed by atoms with Crippen molar-refractivity contribution < 1.29 is 9.18 Å². The molecule has 4 heteroatoms. The van der Waals surface area contributed by atoms with E-state index in [1.54, 1.807) is 18.2 Å². The van der Waals surface area contributed by atoms with Crippen molar-refractivity contribution in [1.29, 1.82) is 0 Å². The molecule has 0 saturated carbocycles.